The Morgan fingerprint density at radius 2 is 1.87 bits per heavy atom. The molecule has 3 saturated carbocycles. The van der Waals surface area contributed by atoms with Crippen LogP contribution < -0.4 is 5.32 Å². The SMILES string of the molecule is COC1CCC23CC[C@@H](C)[C@](C)(C12)[C@H](OC(=O)NC(=O)[C@H]1CN2CC[C@@H]1C2)C[C@@](C)(CCCCl)C(=O)[C@@H]3C. The molecule has 7 nitrogen and oxygen atoms in total. The normalized spacial score (nSPS) is 47.8. The van der Waals surface area contributed by atoms with Crippen molar-refractivity contribution in [1.82, 2.24) is 10.2 Å². The second-order valence-corrected chi connectivity index (χ2v) is 14.1. The Kier molecular flexibility index (Phi) is 7.71. The first-order valence-electron chi connectivity index (χ1n) is 14.9. The smallest absolute Gasteiger partial charge is 0.414 e. The van der Waals surface area contributed by atoms with E-state index in [1.54, 1.807) is 7.11 Å². The fraction of sp³-hybridized carbons (Fsp3) is 0.900. The third-order valence-corrected chi connectivity index (χ3v) is 12.4. The van der Waals surface area contributed by atoms with E-state index in [2.05, 4.69) is 31.0 Å². The minimum atomic E-state index is -0.671. The van der Waals surface area contributed by atoms with E-state index in [4.69, 9.17) is 21.1 Å². The van der Waals surface area contributed by atoms with Crippen LogP contribution in [0.25, 0.3) is 0 Å². The number of imide groups is 1. The number of nitrogens with zero attached hydrogens (tertiary/aromatic N) is 1. The van der Waals surface area contributed by atoms with Crippen molar-refractivity contribution in [1.29, 1.82) is 0 Å². The van der Waals surface area contributed by atoms with Crippen LogP contribution in [-0.4, -0.2) is 67.5 Å². The summed E-state index contributed by atoms with van der Waals surface area (Å²) in [7, 11) is 1.77. The molecule has 214 valence electrons. The summed E-state index contributed by atoms with van der Waals surface area (Å²) in [6.45, 7) is 11.4. The third-order valence-electron chi connectivity index (χ3n) is 12.1. The van der Waals surface area contributed by atoms with Gasteiger partial charge in [0.05, 0.1) is 12.0 Å². The monoisotopic (exact) mass is 550 g/mol. The second kappa shape index (κ2) is 10.3. The number of hydrogen-bond donors (Lipinski definition) is 1. The van der Waals surface area contributed by atoms with Crippen molar-refractivity contribution in [2.75, 3.05) is 32.6 Å². The highest BCUT2D eigenvalue weighted by Crippen LogP contribution is 2.69. The van der Waals surface area contributed by atoms with Gasteiger partial charge in [-0.15, -0.1) is 11.6 Å². The van der Waals surface area contributed by atoms with Gasteiger partial charge in [0.2, 0.25) is 5.91 Å². The lowest BCUT2D eigenvalue weighted by molar-refractivity contribution is -0.192. The number of ketones is 1. The van der Waals surface area contributed by atoms with Crippen molar-refractivity contribution in [3.05, 3.63) is 0 Å². The molecule has 2 aliphatic heterocycles. The molecule has 0 radical (unpaired) electrons. The summed E-state index contributed by atoms with van der Waals surface area (Å²) < 4.78 is 12.4. The van der Waals surface area contributed by atoms with Crippen LogP contribution in [0.15, 0.2) is 0 Å². The Morgan fingerprint density at radius 3 is 2.50 bits per heavy atom. The molecule has 4 bridgehead atoms. The Hall–Kier alpha value is -1.18. The van der Waals surface area contributed by atoms with Gasteiger partial charge in [0.15, 0.2) is 0 Å². The van der Waals surface area contributed by atoms with Crippen LogP contribution in [0.1, 0.15) is 79.1 Å². The maximum atomic E-state index is 14.3. The lowest BCUT2D eigenvalue weighted by Gasteiger charge is -2.61. The minimum Gasteiger partial charge on any atom is -0.445 e. The Labute approximate surface area is 233 Å². The number of nitrogens with one attached hydrogen (secondary N) is 1. The molecule has 0 aromatic carbocycles. The standard InChI is InChI=1S/C30H47ClN2O5/c1-18-7-11-30-12-8-22(37-5)24(30)29(18,4)23(15-28(3,10-6-13-31)25(34)19(30)2)38-27(36)32-26(35)21-17-33-14-9-20(21)16-33/h18-24H,6-17H2,1-5H3,(H,32,35,36)/t18-,19+,20-,21+,22?,23-,24?,28-,29+,30?/m1/s1. The lowest BCUT2D eigenvalue weighted by Crippen LogP contribution is -2.63. The number of carbonyl (C=O) groups is 3. The van der Waals surface area contributed by atoms with Crippen molar-refractivity contribution in [2.24, 2.45) is 45.8 Å². The number of hydrogen-bond acceptors (Lipinski definition) is 6. The van der Waals surface area contributed by atoms with Gasteiger partial charge in [0.25, 0.3) is 0 Å². The molecule has 5 fully saturated rings. The number of rotatable bonds is 6. The maximum absolute atomic E-state index is 14.3. The first-order valence-corrected chi connectivity index (χ1v) is 15.4. The zero-order valence-corrected chi connectivity index (χ0v) is 24.6. The predicted molar refractivity (Wildman–Crippen MR) is 146 cm³/mol. The summed E-state index contributed by atoms with van der Waals surface area (Å²) in [5.74, 6) is 0.979. The third kappa shape index (κ3) is 4.34. The topological polar surface area (TPSA) is 84.9 Å². The summed E-state index contributed by atoms with van der Waals surface area (Å²) in [6.07, 6.45) is 5.53. The Bertz CT molecular complexity index is 961. The number of piperidine rings is 1. The van der Waals surface area contributed by atoms with E-state index in [1.807, 2.05) is 6.92 Å². The molecule has 5 aliphatic rings. The van der Waals surface area contributed by atoms with E-state index in [1.165, 1.54) is 0 Å². The molecule has 5 rings (SSSR count). The molecule has 4 unspecified atom stereocenters. The van der Waals surface area contributed by atoms with E-state index < -0.39 is 17.6 Å². The van der Waals surface area contributed by atoms with Crippen LogP contribution in [0.2, 0.25) is 0 Å². The molecule has 1 N–H and O–H groups in total. The Morgan fingerprint density at radius 1 is 1.13 bits per heavy atom. The van der Waals surface area contributed by atoms with Gasteiger partial charge in [0.1, 0.15) is 11.9 Å². The van der Waals surface area contributed by atoms with E-state index in [0.29, 0.717) is 31.2 Å². The quantitative estimate of drug-likeness (QED) is 0.466. The summed E-state index contributed by atoms with van der Waals surface area (Å²) in [5.41, 5.74) is -1.21. The average molecular weight is 551 g/mol. The van der Waals surface area contributed by atoms with Gasteiger partial charge in [-0.1, -0.05) is 27.7 Å². The molecule has 8 heteroatoms. The van der Waals surface area contributed by atoms with E-state index >= 15 is 0 Å². The van der Waals surface area contributed by atoms with E-state index in [0.717, 1.165) is 51.6 Å². The number of ether oxygens (including phenoxy) is 2. The molecule has 0 spiro atoms. The number of Topliss-reactive ketones (excluding diaryl/α,β-unsaturated/α-hetero) is 1. The zero-order valence-electron chi connectivity index (χ0n) is 23.9. The number of amides is 2. The van der Waals surface area contributed by atoms with Crippen molar-refractivity contribution in [3.63, 3.8) is 0 Å². The van der Waals surface area contributed by atoms with Crippen molar-refractivity contribution < 1.29 is 23.9 Å². The summed E-state index contributed by atoms with van der Waals surface area (Å²) >= 11 is 6.11. The molecule has 11 atom stereocenters. The zero-order chi connectivity index (χ0) is 27.5. The molecule has 0 aromatic heterocycles. The van der Waals surface area contributed by atoms with Crippen LogP contribution in [0.3, 0.4) is 0 Å². The molecule has 38 heavy (non-hydrogen) atoms. The molecular formula is C30H47ClN2O5. The van der Waals surface area contributed by atoms with Gasteiger partial charge in [-0.2, -0.15) is 0 Å². The van der Waals surface area contributed by atoms with Gasteiger partial charge in [-0.3, -0.25) is 14.9 Å². The number of alkyl halides is 1. The lowest BCUT2D eigenvalue weighted by atomic mass is 9.43. The number of alkyl carbamates (subject to hydrolysis) is 1. The van der Waals surface area contributed by atoms with Gasteiger partial charge in [0, 0.05) is 48.7 Å². The number of fused-ring (bicyclic) bond motifs is 2. The van der Waals surface area contributed by atoms with Gasteiger partial charge >= 0.3 is 6.09 Å². The molecule has 2 heterocycles. The van der Waals surface area contributed by atoms with Crippen molar-refractivity contribution in [3.8, 4) is 0 Å². The number of carbonyl (C=O) groups excluding carboxylic acids is 3. The predicted octanol–water partition coefficient (Wildman–Crippen LogP) is 5.04. The highest BCUT2D eigenvalue weighted by molar-refractivity contribution is 6.17. The molecule has 2 saturated heterocycles. The number of methoxy groups -OCH3 is 1. The van der Waals surface area contributed by atoms with E-state index in [-0.39, 0.29) is 52.3 Å². The summed E-state index contributed by atoms with van der Waals surface area (Å²) in [6, 6.07) is 0. The average Bonchev–Trinajstić information content (AvgIpc) is 3.63. The van der Waals surface area contributed by atoms with Crippen LogP contribution in [0, 0.1) is 45.8 Å². The van der Waals surface area contributed by atoms with Gasteiger partial charge < -0.3 is 14.4 Å². The second-order valence-electron chi connectivity index (χ2n) is 13.8. The largest absolute Gasteiger partial charge is 0.445 e. The van der Waals surface area contributed by atoms with Crippen molar-refractivity contribution in [2.45, 2.75) is 91.3 Å². The first kappa shape index (κ1) is 28.4. The summed E-state index contributed by atoms with van der Waals surface area (Å²) in [4.78, 5) is 43.1. The van der Waals surface area contributed by atoms with Gasteiger partial charge in [-0.05, 0) is 75.2 Å². The fourth-order valence-corrected chi connectivity index (χ4v) is 9.91. The Balaban J connectivity index is 1.48. The van der Waals surface area contributed by atoms with Crippen LogP contribution in [0.4, 0.5) is 4.79 Å². The van der Waals surface area contributed by atoms with Gasteiger partial charge in [-0.25, -0.2) is 4.79 Å². The van der Waals surface area contributed by atoms with Crippen molar-refractivity contribution >= 4 is 29.4 Å². The molecule has 0 aromatic rings. The van der Waals surface area contributed by atoms with Crippen LogP contribution in [0.5, 0.6) is 0 Å². The fourth-order valence-electron chi connectivity index (χ4n) is 9.78. The molecule has 3 aliphatic carbocycles. The first-order chi connectivity index (χ1) is 18.0. The summed E-state index contributed by atoms with van der Waals surface area (Å²) in [5, 5.41) is 2.61. The van der Waals surface area contributed by atoms with Crippen LogP contribution in [-0.2, 0) is 19.1 Å². The highest BCUT2D eigenvalue weighted by atomic mass is 35.5. The minimum absolute atomic E-state index is 0.0177. The molecular weight excluding hydrogens is 504 g/mol. The maximum Gasteiger partial charge on any atom is 0.414 e. The number of halogens is 1. The van der Waals surface area contributed by atoms with Crippen LogP contribution >= 0.6 is 11.6 Å². The highest BCUT2D eigenvalue weighted by Gasteiger charge is 2.68. The van der Waals surface area contributed by atoms with E-state index in [9.17, 15) is 14.4 Å². The molecule has 2 amide bonds.